The second-order valence-electron chi connectivity index (χ2n) is 5.51. The molecule has 0 aromatic heterocycles. The Morgan fingerprint density at radius 2 is 2.05 bits per heavy atom. The van der Waals surface area contributed by atoms with E-state index in [0.717, 1.165) is 13.1 Å². The topological polar surface area (TPSA) is 15.3 Å². The smallest absolute Gasteiger partial charge is 0.123 e. The Morgan fingerprint density at radius 1 is 1.32 bits per heavy atom. The maximum absolute atomic E-state index is 13.0. The van der Waals surface area contributed by atoms with Gasteiger partial charge in [0.25, 0.3) is 0 Å². The highest BCUT2D eigenvalue weighted by Crippen LogP contribution is 2.29. The maximum atomic E-state index is 13.0. The Morgan fingerprint density at radius 3 is 2.74 bits per heavy atom. The van der Waals surface area contributed by atoms with Crippen LogP contribution in [0.15, 0.2) is 24.3 Å². The average molecular weight is 264 g/mol. The van der Waals surface area contributed by atoms with E-state index in [1.54, 1.807) is 12.1 Å². The molecule has 2 rings (SSSR count). The van der Waals surface area contributed by atoms with Gasteiger partial charge in [-0.2, -0.15) is 0 Å². The lowest BCUT2D eigenvalue weighted by molar-refractivity contribution is 0.0971. The highest BCUT2D eigenvalue weighted by atomic mass is 19.1. The highest BCUT2D eigenvalue weighted by Gasteiger charge is 2.26. The van der Waals surface area contributed by atoms with Gasteiger partial charge in [-0.05, 0) is 64.0 Å². The number of hydrogen-bond donors (Lipinski definition) is 1. The fourth-order valence-corrected chi connectivity index (χ4v) is 3.09. The van der Waals surface area contributed by atoms with E-state index in [0.29, 0.717) is 12.1 Å². The molecule has 1 heterocycles. The van der Waals surface area contributed by atoms with Gasteiger partial charge in [0, 0.05) is 12.1 Å². The standard InChI is InChI=1S/C16H25FN2/c1-13(14-6-8-15(17)9-7-14)19-12-4-3-5-16(19)10-11-18-2/h6-9,13,16,18H,3-5,10-12H2,1-2H3. The van der Waals surface area contributed by atoms with Gasteiger partial charge in [-0.15, -0.1) is 0 Å². The van der Waals surface area contributed by atoms with Crippen molar-refractivity contribution in [2.75, 3.05) is 20.1 Å². The lowest BCUT2D eigenvalue weighted by Crippen LogP contribution is -2.42. The number of likely N-dealkylation sites (tertiary alicyclic amines) is 1. The first kappa shape index (κ1) is 14.5. The Hall–Kier alpha value is -0.930. The Balaban J connectivity index is 2.05. The minimum absolute atomic E-state index is 0.152. The molecule has 1 fully saturated rings. The third kappa shape index (κ3) is 3.77. The van der Waals surface area contributed by atoms with Crippen LogP contribution in [0.2, 0.25) is 0 Å². The van der Waals surface area contributed by atoms with E-state index < -0.39 is 0 Å². The van der Waals surface area contributed by atoms with Crippen LogP contribution in [0.3, 0.4) is 0 Å². The van der Waals surface area contributed by atoms with Crippen molar-refractivity contribution in [3.8, 4) is 0 Å². The minimum atomic E-state index is -0.152. The Bertz CT molecular complexity index is 377. The quantitative estimate of drug-likeness (QED) is 0.877. The van der Waals surface area contributed by atoms with Crippen molar-refractivity contribution in [1.29, 1.82) is 0 Å². The zero-order valence-electron chi connectivity index (χ0n) is 12.0. The van der Waals surface area contributed by atoms with Crippen LogP contribution >= 0.6 is 0 Å². The van der Waals surface area contributed by atoms with Crippen LogP contribution in [-0.4, -0.2) is 31.1 Å². The second kappa shape index (κ2) is 7.01. The number of nitrogens with one attached hydrogen (secondary N) is 1. The van der Waals surface area contributed by atoms with Crippen LogP contribution in [-0.2, 0) is 0 Å². The molecule has 19 heavy (non-hydrogen) atoms. The van der Waals surface area contributed by atoms with Crippen LogP contribution in [0, 0.1) is 5.82 Å². The first-order chi connectivity index (χ1) is 9.22. The number of rotatable bonds is 5. The number of piperidine rings is 1. The molecule has 1 N–H and O–H groups in total. The van der Waals surface area contributed by atoms with Gasteiger partial charge in [0.1, 0.15) is 5.82 Å². The van der Waals surface area contributed by atoms with E-state index in [-0.39, 0.29) is 5.82 Å². The first-order valence-corrected chi connectivity index (χ1v) is 7.38. The summed E-state index contributed by atoms with van der Waals surface area (Å²) < 4.78 is 13.0. The fourth-order valence-electron chi connectivity index (χ4n) is 3.09. The third-order valence-corrected chi connectivity index (χ3v) is 4.25. The molecule has 1 aromatic carbocycles. The summed E-state index contributed by atoms with van der Waals surface area (Å²) in [7, 11) is 2.01. The van der Waals surface area contributed by atoms with E-state index >= 15 is 0 Å². The van der Waals surface area contributed by atoms with Crippen molar-refractivity contribution in [3.05, 3.63) is 35.6 Å². The van der Waals surface area contributed by atoms with Gasteiger partial charge in [0.05, 0.1) is 0 Å². The van der Waals surface area contributed by atoms with Crippen LogP contribution in [0.25, 0.3) is 0 Å². The van der Waals surface area contributed by atoms with Crippen molar-refractivity contribution in [1.82, 2.24) is 10.2 Å². The van der Waals surface area contributed by atoms with E-state index in [2.05, 4.69) is 17.1 Å². The zero-order chi connectivity index (χ0) is 13.7. The number of benzene rings is 1. The van der Waals surface area contributed by atoms with Gasteiger partial charge < -0.3 is 5.32 Å². The van der Waals surface area contributed by atoms with E-state index in [1.807, 2.05) is 19.2 Å². The molecule has 1 saturated heterocycles. The predicted molar refractivity (Wildman–Crippen MR) is 77.7 cm³/mol. The van der Waals surface area contributed by atoms with E-state index in [9.17, 15) is 4.39 Å². The molecule has 0 aliphatic carbocycles. The number of hydrogen-bond acceptors (Lipinski definition) is 2. The molecule has 2 atom stereocenters. The van der Waals surface area contributed by atoms with Crippen molar-refractivity contribution < 1.29 is 4.39 Å². The molecule has 2 unspecified atom stereocenters. The summed E-state index contributed by atoms with van der Waals surface area (Å²) in [6.45, 7) is 4.47. The van der Waals surface area contributed by atoms with Crippen molar-refractivity contribution in [2.45, 2.75) is 44.7 Å². The molecule has 106 valence electrons. The average Bonchev–Trinajstić information content (AvgIpc) is 2.45. The molecule has 0 saturated carbocycles. The molecule has 3 heteroatoms. The zero-order valence-corrected chi connectivity index (χ0v) is 12.0. The number of nitrogens with zero attached hydrogens (tertiary/aromatic N) is 1. The fraction of sp³-hybridized carbons (Fsp3) is 0.625. The second-order valence-corrected chi connectivity index (χ2v) is 5.51. The third-order valence-electron chi connectivity index (χ3n) is 4.25. The van der Waals surface area contributed by atoms with Crippen LogP contribution in [0.4, 0.5) is 4.39 Å². The lowest BCUT2D eigenvalue weighted by Gasteiger charge is -2.40. The normalized spacial score (nSPS) is 22.4. The summed E-state index contributed by atoms with van der Waals surface area (Å²) in [5.41, 5.74) is 1.22. The van der Waals surface area contributed by atoms with Crippen LogP contribution in [0.1, 0.15) is 44.2 Å². The number of halogens is 1. The maximum Gasteiger partial charge on any atom is 0.123 e. The summed E-state index contributed by atoms with van der Waals surface area (Å²) >= 11 is 0. The summed E-state index contributed by atoms with van der Waals surface area (Å²) in [5.74, 6) is -0.152. The minimum Gasteiger partial charge on any atom is -0.320 e. The molecule has 1 aliphatic heterocycles. The molecule has 0 amide bonds. The highest BCUT2D eigenvalue weighted by molar-refractivity contribution is 5.19. The summed E-state index contributed by atoms with van der Waals surface area (Å²) in [6, 6.07) is 8.01. The molecule has 0 spiro atoms. The van der Waals surface area contributed by atoms with E-state index in [4.69, 9.17) is 0 Å². The van der Waals surface area contributed by atoms with Crippen molar-refractivity contribution in [2.24, 2.45) is 0 Å². The Labute approximate surface area is 116 Å². The molecule has 2 nitrogen and oxygen atoms in total. The first-order valence-electron chi connectivity index (χ1n) is 7.38. The summed E-state index contributed by atoms with van der Waals surface area (Å²) in [4.78, 5) is 2.59. The molecule has 1 aromatic rings. The van der Waals surface area contributed by atoms with Gasteiger partial charge in [-0.3, -0.25) is 4.90 Å². The summed E-state index contributed by atoms with van der Waals surface area (Å²) in [5, 5.41) is 3.25. The van der Waals surface area contributed by atoms with Crippen LogP contribution < -0.4 is 5.32 Å². The predicted octanol–water partition coefficient (Wildman–Crippen LogP) is 3.35. The van der Waals surface area contributed by atoms with Crippen molar-refractivity contribution in [3.63, 3.8) is 0 Å². The van der Waals surface area contributed by atoms with E-state index in [1.165, 1.54) is 31.2 Å². The van der Waals surface area contributed by atoms with Gasteiger partial charge in [0.2, 0.25) is 0 Å². The Kier molecular flexibility index (Phi) is 5.34. The summed E-state index contributed by atoms with van der Waals surface area (Å²) in [6.07, 6.45) is 5.10. The van der Waals surface area contributed by atoms with Gasteiger partial charge >= 0.3 is 0 Å². The molecule has 0 bridgehead atoms. The largest absolute Gasteiger partial charge is 0.320 e. The lowest BCUT2D eigenvalue weighted by atomic mass is 9.95. The monoisotopic (exact) mass is 264 g/mol. The molecular weight excluding hydrogens is 239 g/mol. The van der Waals surface area contributed by atoms with Crippen molar-refractivity contribution >= 4 is 0 Å². The van der Waals surface area contributed by atoms with Crippen LogP contribution in [0.5, 0.6) is 0 Å². The molecule has 1 aliphatic rings. The molecule has 0 radical (unpaired) electrons. The van der Waals surface area contributed by atoms with Gasteiger partial charge in [0.15, 0.2) is 0 Å². The SMILES string of the molecule is CNCCC1CCCCN1C(C)c1ccc(F)cc1. The van der Waals surface area contributed by atoms with Gasteiger partial charge in [-0.25, -0.2) is 4.39 Å². The van der Waals surface area contributed by atoms with Gasteiger partial charge in [-0.1, -0.05) is 18.6 Å². The molecular formula is C16H25FN2.